The molecule has 7 aliphatic rings. The van der Waals surface area contributed by atoms with Gasteiger partial charge < -0.3 is 72.5 Å². The second-order valence-electron chi connectivity index (χ2n) is 23.0. The van der Waals surface area contributed by atoms with Crippen molar-refractivity contribution >= 4 is 17.7 Å². The van der Waals surface area contributed by atoms with Crippen molar-refractivity contribution in [3.05, 3.63) is 35.9 Å². The van der Waals surface area contributed by atoms with E-state index in [1.165, 1.54) is 14.0 Å². The molecule has 4 N–H and O–H groups in total. The third-order valence-corrected chi connectivity index (χ3v) is 18.3. The number of Topliss-reactive ketones (excluding diaryl/α,β-unsaturated/α-hetero) is 1. The molecular formula is C54H82O18. The quantitative estimate of drug-likeness (QED) is 0.136. The number of methoxy groups -OCH3 is 3. The molecule has 4 aliphatic carbocycles. The van der Waals surface area contributed by atoms with Gasteiger partial charge in [0.2, 0.25) is 0 Å². The third-order valence-electron chi connectivity index (χ3n) is 18.3. The molecule has 1 aromatic rings. The fraction of sp³-hybridized carbons (Fsp3) is 0.833. The van der Waals surface area contributed by atoms with Gasteiger partial charge in [-0.25, -0.2) is 4.79 Å². The highest BCUT2D eigenvalue weighted by molar-refractivity contribution is 5.90. The van der Waals surface area contributed by atoms with Gasteiger partial charge in [0, 0.05) is 46.0 Å². The minimum atomic E-state index is -2.15. The fourth-order valence-corrected chi connectivity index (χ4v) is 14.6. The summed E-state index contributed by atoms with van der Waals surface area (Å²) in [4.78, 5) is 41.3. The van der Waals surface area contributed by atoms with E-state index in [0.717, 1.165) is 0 Å². The van der Waals surface area contributed by atoms with Crippen LogP contribution in [0, 0.1) is 34.5 Å². The van der Waals surface area contributed by atoms with Gasteiger partial charge in [-0.1, -0.05) is 45.9 Å². The van der Waals surface area contributed by atoms with Crippen molar-refractivity contribution in [2.75, 3.05) is 21.3 Å². The highest BCUT2D eigenvalue weighted by atomic mass is 16.8. The van der Waals surface area contributed by atoms with Crippen molar-refractivity contribution in [3.8, 4) is 0 Å². The summed E-state index contributed by atoms with van der Waals surface area (Å²) >= 11 is 0. The number of hydrogen-bond donors (Lipinski definition) is 4. The molecule has 7 fully saturated rings. The van der Waals surface area contributed by atoms with Crippen molar-refractivity contribution in [3.63, 3.8) is 0 Å². The summed E-state index contributed by atoms with van der Waals surface area (Å²) in [6, 6.07) is 8.36. The van der Waals surface area contributed by atoms with E-state index in [9.17, 15) is 34.8 Å². The summed E-state index contributed by atoms with van der Waals surface area (Å²) in [5.41, 5.74) is -5.50. The van der Waals surface area contributed by atoms with Crippen LogP contribution in [0.4, 0.5) is 0 Å². The van der Waals surface area contributed by atoms with Crippen LogP contribution in [-0.4, -0.2) is 169 Å². The topological polar surface area (TPSA) is 234 Å². The van der Waals surface area contributed by atoms with E-state index in [1.807, 2.05) is 27.7 Å². The van der Waals surface area contributed by atoms with Gasteiger partial charge in [0.25, 0.3) is 0 Å². The zero-order chi connectivity index (χ0) is 52.2. The molecule has 3 saturated heterocycles. The van der Waals surface area contributed by atoms with Gasteiger partial charge in [-0.05, 0) is 108 Å². The lowest BCUT2D eigenvalue weighted by Gasteiger charge is -2.67. The Kier molecular flexibility index (Phi) is 16.8. The van der Waals surface area contributed by atoms with Crippen LogP contribution in [0.1, 0.15) is 130 Å². The van der Waals surface area contributed by atoms with E-state index in [2.05, 4.69) is 6.92 Å². The molecule has 3 aliphatic heterocycles. The van der Waals surface area contributed by atoms with Crippen LogP contribution in [0.15, 0.2) is 30.3 Å². The largest absolute Gasteiger partial charge is 0.457 e. The van der Waals surface area contributed by atoms with Crippen LogP contribution in [0.5, 0.6) is 0 Å². The van der Waals surface area contributed by atoms with E-state index >= 15 is 0 Å². The summed E-state index contributed by atoms with van der Waals surface area (Å²) in [6.45, 7) is 14.6. The average molecular weight is 1020 g/mol. The molecule has 13 unspecified atom stereocenters. The number of fused-ring (bicyclic) bond motifs is 5. The molecule has 406 valence electrons. The molecule has 18 heteroatoms. The Labute approximate surface area is 424 Å². The molecule has 23 atom stereocenters. The number of ether oxygens (including phenoxy) is 11. The first-order valence-electron chi connectivity index (χ1n) is 26.3. The highest BCUT2D eigenvalue weighted by Crippen LogP contribution is 2.71. The number of carbonyl (C=O) groups excluding carboxylic acids is 3. The highest BCUT2D eigenvalue weighted by Gasteiger charge is 2.82. The number of ketones is 1. The molecule has 1 aromatic carbocycles. The number of rotatable bonds is 15. The predicted molar refractivity (Wildman–Crippen MR) is 256 cm³/mol. The van der Waals surface area contributed by atoms with Crippen LogP contribution in [-0.2, 0) is 61.7 Å². The molecule has 3 heterocycles. The second kappa shape index (κ2) is 21.7. The van der Waals surface area contributed by atoms with Crippen molar-refractivity contribution in [2.24, 2.45) is 34.5 Å². The lowest BCUT2D eigenvalue weighted by atomic mass is 9.41. The van der Waals surface area contributed by atoms with Gasteiger partial charge in [0.1, 0.15) is 47.5 Å². The van der Waals surface area contributed by atoms with Crippen molar-refractivity contribution in [1.82, 2.24) is 0 Å². The molecule has 18 nitrogen and oxygen atoms in total. The maximum Gasteiger partial charge on any atom is 0.338 e. The fourth-order valence-electron chi connectivity index (χ4n) is 14.6. The molecule has 4 saturated carbocycles. The van der Waals surface area contributed by atoms with Crippen molar-refractivity contribution in [1.29, 1.82) is 0 Å². The number of aliphatic hydroxyl groups excluding tert-OH is 2. The van der Waals surface area contributed by atoms with Gasteiger partial charge in [0.05, 0.1) is 48.1 Å². The molecule has 8 rings (SSSR count). The first-order valence-corrected chi connectivity index (χ1v) is 26.3. The number of carbonyl (C=O) groups is 3. The smallest absolute Gasteiger partial charge is 0.338 e. The van der Waals surface area contributed by atoms with Gasteiger partial charge in [-0.3, -0.25) is 9.59 Å². The zero-order valence-corrected chi connectivity index (χ0v) is 44.0. The van der Waals surface area contributed by atoms with E-state index in [-0.39, 0.29) is 42.1 Å². The maximum atomic E-state index is 14.0. The summed E-state index contributed by atoms with van der Waals surface area (Å²) in [5.74, 6) is -3.07. The first kappa shape index (κ1) is 55.5. The Morgan fingerprint density at radius 1 is 0.708 bits per heavy atom. The molecule has 72 heavy (non-hydrogen) atoms. The number of esters is 2. The first-order chi connectivity index (χ1) is 34.0. The number of hydrogen-bond acceptors (Lipinski definition) is 18. The van der Waals surface area contributed by atoms with Crippen LogP contribution >= 0.6 is 0 Å². The van der Waals surface area contributed by atoms with Gasteiger partial charge in [-0.2, -0.15) is 0 Å². The molecule has 0 aromatic heterocycles. The summed E-state index contributed by atoms with van der Waals surface area (Å²) in [6.07, 6.45) is -7.94. The maximum absolute atomic E-state index is 14.0. The molecule has 0 radical (unpaired) electrons. The van der Waals surface area contributed by atoms with Crippen LogP contribution < -0.4 is 0 Å². The van der Waals surface area contributed by atoms with E-state index in [0.29, 0.717) is 51.4 Å². The SMILES string of the molecule is COC1CC(O[C@H]2CC[C@@]3(C)[C@@H](CC[C@]4(O)[C@@H]3CC[C@]3(C)[C@@H](C(C)=O)[C@H](OC(=O)CC(C)C)[C@@H](OC(=O)c5ccccc5)[C@@]34O)C2)OC(C)C1OC1CC(OC)C(OC2OC(C)C(O)C(OC)C2O)C(C)O1. The molecule has 0 bridgehead atoms. The average Bonchev–Trinajstić information content (AvgIpc) is 3.52. The van der Waals surface area contributed by atoms with E-state index in [4.69, 9.17) is 52.1 Å². The molecule has 0 amide bonds. The Morgan fingerprint density at radius 3 is 1.93 bits per heavy atom. The standard InChI is InChI=1S/C54H82O18/c1-27(2)23-38(56)69-46-41(28(3)55)52(8)21-19-37-51(7)20-18-34(24-33(51)17-22-53(37,60)54(52,61)48(46)72-49(59)32-15-13-12-14-16-32)68-39-25-35(62-9)44(30(5)65-39)70-40-26-36(63-10)45(31(6)66-40)71-50-43(58)47(64-11)42(57)29(4)67-50/h12-16,27,29-31,33-37,39-48,50,57-58,60-61H,17-26H2,1-11H3/t29?,30?,31?,33-,34-,35?,36?,37+,39?,40?,41-,42?,43?,44?,45?,46-,47?,48+,50?,51-,52+,53-,54+/m0/s1. The normalized spacial score (nSPS) is 47.2. The summed E-state index contributed by atoms with van der Waals surface area (Å²) in [5, 5.41) is 48.4. The Hall–Kier alpha value is -2.69. The van der Waals surface area contributed by atoms with E-state index in [1.54, 1.807) is 58.4 Å². The van der Waals surface area contributed by atoms with E-state index < -0.39 is 138 Å². The van der Waals surface area contributed by atoms with Gasteiger partial charge in [0.15, 0.2) is 31.1 Å². The van der Waals surface area contributed by atoms with Crippen molar-refractivity contribution in [2.45, 2.75) is 229 Å². The van der Waals surface area contributed by atoms with Crippen LogP contribution in [0.2, 0.25) is 0 Å². The van der Waals surface area contributed by atoms with Crippen LogP contribution in [0.3, 0.4) is 0 Å². The van der Waals surface area contributed by atoms with Gasteiger partial charge >= 0.3 is 11.9 Å². The third kappa shape index (κ3) is 9.85. The summed E-state index contributed by atoms with van der Waals surface area (Å²) in [7, 11) is 4.63. The monoisotopic (exact) mass is 1020 g/mol. The minimum absolute atomic E-state index is 0.0514. The Bertz CT molecular complexity index is 2040. The Balaban J connectivity index is 0.933. The lowest BCUT2D eigenvalue weighted by molar-refractivity contribution is -0.352. The molecular weight excluding hydrogens is 937 g/mol. The second-order valence-corrected chi connectivity index (χ2v) is 23.0. The lowest BCUT2D eigenvalue weighted by Crippen LogP contribution is -2.76. The van der Waals surface area contributed by atoms with Crippen LogP contribution in [0.25, 0.3) is 0 Å². The Morgan fingerprint density at radius 2 is 1.33 bits per heavy atom. The van der Waals surface area contributed by atoms with Gasteiger partial charge in [-0.15, -0.1) is 0 Å². The molecule has 0 spiro atoms. The minimum Gasteiger partial charge on any atom is -0.457 e. The zero-order valence-electron chi connectivity index (χ0n) is 44.0. The predicted octanol–water partition coefficient (Wildman–Crippen LogP) is 4.80. The number of aliphatic hydroxyl groups is 4. The summed E-state index contributed by atoms with van der Waals surface area (Å²) < 4.78 is 68.1. The number of benzene rings is 1. The van der Waals surface area contributed by atoms with Crippen molar-refractivity contribution < 1.29 is 86.9 Å².